The van der Waals surface area contributed by atoms with Crippen LogP contribution in [-0.4, -0.2) is 34.2 Å². The SMILES string of the molecule is O=S(=O)(Nc1cccc(S(=O)(=O)N2CCCC2)c1)c1ccc(Cl)c(Cl)c1. The standard InChI is InChI=1S/C16H16Cl2N2O4S2/c17-15-7-6-13(11-16(15)18)25(21,22)19-12-4-3-5-14(10-12)26(23,24)20-8-1-2-9-20/h3-7,10-11,19H,1-2,8-9H2. The van der Waals surface area contributed by atoms with Crippen LogP contribution in [0, 0.1) is 0 Å². The molecule has 1 aliphatic rings. The van der Waals surface area contributed by atoms with Crippen LogP contribution in [0.2, 0.25) is 10.0 Å². The van der Waals surface area contributed by atoms with Crippen LogP contribution in [0.1, 0.15) is 12.8 Å². The van der Waals surface area contributed by atoms with Gasteiger partial charge < -0.3 is 0 Å². The molecule has 0 amide bonds. The van der Waals surface area contributed by atoms with E-state index >= 15 is 0 Å². The number of sulfonamides is 2. The number of hydrogen-bond donors (Lipinski definition) is 1. The van der Waals surface area contributed by atoms with Gasteiger partial charge in [-0.1, -0.05) is 29.3 Å². The van der Waals surface area contributed by atoms with Gasteiger partial charge in [0.1, 0.15) is 0 Å². The minimum Gasteiger partial charge on any atom is -0.280 e. The summed E-state index contributed by atoms with van der Waals surface area (Å²) in [6.45, 7) is 0.948. The van der Waals surface area contributed by atoms with Crippen molar-refractivity contribution >= 4 is 48.9 Å². The highest BCUT2D eigenvalue weighted by Gasteiger charge is 2.27. The van der Waals surface area contributed by atoms with Gasteiger partial charge in [0.05, 0.1) is 25.5 Å². The Morgan fingerprint density at radius 3 is 2.19 bits per heavy atom. The Kier molecular flexibility index (Phi) is 5.50. The van der Waals surface area contributed by atoms with Gasteiger partial charge in [-0.15, -0.1) is 0 Å². The Balaban J connectivity index is 1.89. The van der Waals surface area contributed by atoms with E-state index in [0.717, 1.165) is 12.8 Å². The highest BCUT2D eigenvalue weighted by atomic mass is 35.5. The van der Waals surface area contributed by atoms with Gasteiger partial charge in [0.25, 0.3) is 10.0 Å². The molecule has 0 atom stereocenters. The summed E-state index contributed by atoms with van der Waals surface area (Å²) in [5.74, 6) is 0. The quantitative estimate of drug-likeness (QED) is 0.778. The highest BCUT2D eigenvalue weighted by Crippen LogP contribution is 2.27. The van der Waals surface area contributed by atoms with Crippen molar-refractivity contribution in [2.75, 3.05) is 17.8 Å². The lowest BCUT2D eigenvalue weighted by Gasteiger charge is -2.16. The molecule has 0 aliphatic carbocycles. The Morgan fingerprint density at radius 1 is 0.846 bits per heavy atom. The lowest BCUT2D eigenvalue weighted by molar-refractivity contribution is 0.477. The van der Waals surface area contributed by atoms with Crippen LogP contribution in [0.25, 0.3) is 0 Å². The second-order valence-corrected chi connectivity index (χ2v) is 10.3. The molecule has 0 spiro atoms. The summed E-state index contributed by atoms with van der Waals surface area (Å²) in [6, 6.07) is 9.67. The molecule has 1 aliphatic heterocycles. The molecule has 0 bridgehead atoms. The van der Waals surface area contributed by atoms with Crippen molar-refractivity contribution in [3.63, 3.8) is 0 Å². The van der Waals surface area contributed by atoms with E-state index in [4.69, 9.17) is 23.2 Å². The third kappa shape index (κ3) is 3.99. The van der Waals surface area contributed by atoms with Crippen molar-refractivity contribution in [3.8, 4) is 0 Å². The highest BCUT2D eigenvalue weighted by molar-refractivity contribution is 7.92. The lowest BCUT2D eigenvalue weighted by Crippen LogP contribution is -2.27. The zero-order chi connectivity index (χ0) is 18.9. The average molecular weight is 435 g/mol. The van der Waals surface area contributed by atoms with Crippen molar-refractivity contribution in [2.45, 2.75) is 22.6 Å². The second kappa shape index (κ2) is 7.36. The molecule has 0 radical (unpaired) electrons. The summed E-state index contributed by atoms with van der Waals surface area (Å²) < 4.78 is 54.0. The van der Waals surface area contributed by atoms with E-state index in [1.807, 2.05) is 0 Å². The summed E-state index contributed by atoms with van der Waals surface area (Å²) >= 11 is 11.7. The van der Waals surface area contributed by atoms with Crippen molar-refractivity contribution in [1.29, 1.82) is 0 Å². The van der Waals surface area contributed by atoms with Crippen LogP contribution in [0.5, 0.6) is 0 Å². The first kappa shape index (κ1) is 19.4. The third-order valence-corrected chi connectivity index (χ3v) is 8.00. The fourth-order valence-corrected chi connectivity index (χ4v) is 5.66. The summed E-state index contributed by atoms with van der Waals surface area (Å²) in [6.07, 6.45) is 1.64. The first-order valence-corrected chi connectivity index (χ1v) is 11.5. The smallest absolute Gasteiger partial charge is 0.261 e. The zero-order valence-electron chi connectivity index (χ0n) is 13.5. The van der Waals surface area contributed by atoms with E-state index in [1.54, 1.807) is 0 Å². The molecule has 2 aromatic carbocycles. The summed E-state index contributed by atoms with van der Waals surface area (Å²) in [7, 11) is -7.57. The first-order valence-electron chi connectivity index (χ1n) is 7.78. The van der Waals surface area contributed by atoms with Crippen LogP contribution < -0.4 is 4.72 Å². The molecule has 3 rings (SSSR count). The van der Waals surface area contributed by atoms with Crippen LogP contribution >= 0.6 is 23.2 Å². The Morgan fingerprint density at radius 2 is 1.54 bits per heavy atom. The first-order chi connectivity index (χ1) is 12.2. The average Bonchev–Trinajstić information content (AvgIpc) is 3.12. The fraction of sp³-hybridized carbons (Fsp3) is 0.250. The Bertz CT molecular complexity index is 1030. The van der Waals surface area contributed by atoms with Crippen molar-refractivity contribution < 1.29 is 16.8 Å². The number of halogens is 2. The topological polar surface area (TPSA) is 83.5 Å². The second-order valence-electron chi connectivity index (χ2n) is 5.82. The van der Waals surface area contributed by atoms with E-state index < -0.39 is 20.0 Å². The van der Waals surface area contributed by atoms with Crippen molar-refractivity contribution in [3.05, 3.63) is 52.5 Å². The molecule has 1 heterocycles. The maximum Gasteiger partial charge on any atom is 0.261 e. The van der Waals surface area contributed by atoms with Gasteiger partial charge in [-0.05, 0) is 49.2 Å². The van der Waals surface area contributed by atoms with Gasteiger partial charge in [-0.2, -0.15) is 4.31 Å². The molecular weight excluding hydrogens is 419 g/mol. The van der Waals surface area contributed by atoms with E-state index in [1.165, 1.54) is 46.8 Å². The predicted molar refractivity (Wildman–Crippen MR) is 102 cm³/mol. The molecule has 140 valence electrons. The molecule has 2 aromatic rings. The van der Waals surface area contributed by atoms with E-state index in [2.05, 4.69) is 4.72 Å². The van der Waals surface area contributed by atoms with E-state index in [0.29, 0.717) is 13.1 Å². The van der Waals surface area contributed by atoms with Gasteiger partial charge in [0.2, 0.25) is 10.0 Å². The normalized spacial score (nSPS) is 15.9. The zero-order valence-corrected chi connectivity index (χ0v) is 16.7. The fourth-order valence-electron chi connectivity index (χ4n) is 2.66. The van der Waals surface area contributed by atoms with Crippen LogP contribution in [-0.2, 0) is 20.0 Å². The number of hydrogen-bond acceptors (Lipinski definition) is 4. The van der Waals surface area contributed by atoms with E-state index in [9.17, 15) is 16.8 Å². The largest absolute Gasteiger partial charge is 0.280 e. The molecule has 6 nitrogen and oxygen atoms in total. The molecule has 1 N–H and O–H groups in total. The molecule has 0 saturated carbocycles. The monoisotopic (exact) mass is 434 g/mol. The molecule has 26 heavy (non-hydrogen) atoms. The van der Waals surface area contributed by atoms with Crippen molar-refractivity contribution in [2.24, 2.45) is 0 Å². The van der Waals surface area contributed by atoms with Gasteiger partial charge in [0, 0.05) is 13.1 Å². The maximum atomic E-state index is 12.6. The molecule has 0 aromatic heterocycles. The minimum absolute atomic E-state index is 0.0498. The molecule has 1 fully saturated rings. The number of benzene rings is 2. The summed E-state index contributed by atoms with van der Waals surface area (Å²) in [5.41, 5.74) is 0.149. The van der Waals surface area contributed by atoms with Crippen LogP contribution in [0.3, 0.4) is 0 Å². The van der Waals surface area contributed by atoms with Crippen LogP contribution in [0.15, 0.2) is 52.3 Å². The lowest BCUT2D eigenvalue weighted by atomic mass is 10.3. The van der Waals surface area contributed by atoms with Gasteiger partial charge >= 0.3 is 0 Å². The number of nitrogens with one attached hydrogen (secondary N) is 1. The Labute approximate surface area is 162 Å². The molecule has 10 heteroatoms. The summed E-state index contributed by atoms with van der Waals surface area (Å²) in [5, 5.41) is 0.351. The molecule has 1 saturated heterocycles. The molecular formula is C16H16Cl2N2O4S2. The minimum atomic E-state index is -3.94. The Hall–Kier alpha value is -1.32. The van der Waals surface area contributed by atoms with Crippen LogP contribution in [0.4, 0.5) is 5.69 Å². The van der Waals surface area contributed by atoms with Gasteiger partial charge in [0.15, 0.2) is 0 Å². The molecule has 0 unspecified atom stereocenters. The third-order valence-electron chi connectivity index (χ3n) is 3.99. The van der Waals surface area contributed by atoms with Crippen molar-refractivity contribution in [1.82, 2.24) is 4.31 Å². The number of rotatable bonds is 5. The maximum absolute atomic E-state index is 12.6. The van der Waals surface area contributed by atoms with Gasteiger partial charge in [-0.3, -0.25) is 4.72 Å². The summed E-state index contributed by atoms with van der Waals surface area (Å²) in [4.78, 5) is -0.0200. The number of anilines is 1. The predicted octanol–water partition coefficient (Wildman–Crippen LogP) is 3.58. The van der Waals surface area contributed by atoms with E-state index in [-0.39, 0.29) is 25.5 Å². The number of nitrogens with zero attached hydrogens (tertiary/aromatic N) is 1. The van der Waals surface area contributed by atoms with Gasteiger partial charge in [-0.25, -0.2) is 16.8 Å².